The molecule has 0 amide bonds. The van der Waals surface area contributed by atoms with Gasteiger partial charge in [0.15, 0.2) is 0 Å². The molecule has 3 N–H and O–H groups in total. The van der Waals surface area contributed by atoms with Crippen molar-refractivity contribution in [2.24, 2.45) is 0 Å². The summed E-state index contributed by atoms with van der Waals surface area (Å²) in [6, 6.07) is 10.3. The number of esters is 1. The molecule has 0 saturated heterocycles. The van der Waals surface area contributed by atoms with Gasteiger partial charge in [-0.15, -0.1) is 0 Å². The average molecular weight is 495 g/mol. The lowest BCUT2D eigenvalue weighted by Gasteiger charge is -2.25. The number of fused-ring (bicyclic) bond motifs is 1. The van der Waals surface area contributed by atoms with Crippen LogP contribution in [0, 0.1) is 0 Å². The van der Waals surface area contributed by atoms with Gasteiger partial charge >= 0.3 is 23.5 Å². The van der Waals surface area contributed by atoms with Crippen molar-refractivity contribution in [2.45, 2.75) is 12.5 Å². The summed E-state index contributed by atoms with van der Waals surface area (Å²) in [6.07, 6.45) is 0. The van der Waals surface area contributed by atoms with Crippen molar-refractivity contribution < 1.29 is 34.1 Å². The summed E-state index contributed by atoms with van der Waals surface area (Å²) in [5, 5.41) is 20.0. The van der Waals surface area contributed by atoms with Gasteiger partial charge in [-0.25, -0.2) is 9.59 Å². The molecule has 0 aliphatic rings. The minimum absolute atomic E-state index is 0.0610. The van der Waals surface area contributed by atoms with E-state index in [9.17, 15) is 29.4 Å². The SMILES string of the molecule is CC(=O)OC(C(=O)O)(C(=O)O)c1c(C(=O)c2ccc(Br)cc2)[nH]c2cc(Cl)ccc12. The number of carbonyl (C=O) groups excluding carboxylic acids is 2. The number of carboxylic acids is 2. The van der Waals surface area contributed by atoms with Gasteiger partial charge in [0.05, 0.1) is 11.3 Å². The molecule has 0 unspecified atom stereocenters. The largest absolute Gasteiger partial charge is 0.478 e. The van der Waals surface area contributed by atoms with Crippen LogP contribution in [0.1, 0.15) is 28.5 Å². The van der Waals surface area contributed by atoms with E-state index in [4.69, 9.17) is 16.3 Å². The topological polar surface area (TPSA) is 134 Å². The Morgan fingerprint density at radius 1 is 1.03 bits per heavy atom. The number of carboxylic acid groups (broad SMARTS) is 2. The number of aromatic amines is 1. The highest BCUT2D eigenvalue weighted by molar-refractivity contribution is 9.10. The quantitative estimate of drug-likeness (QED) is 0.270. The average Bonchev–Trinajstić information content (AvgIpc) is 3.04. The second-order valence-electron chi connectivity index (χ2n) is 6.29. The van der Waals surface area contributed by atoms with Crippen molar-refractivity contribution in [1.82, 2.24) is 4.98 Å². The van der Waals surface area contributed by atoms with E-state index in [-0.39, 0.29) is 27.2 Å². The Kier molecular flexibility index (Phi) is 5.69. The van der Waals surface area contributed by atoms with Crippen LogP contribution >= 0.6 is 27.5 Å². The lowest BCUT2D eigenvalue weighted by atomic mass is 9.88. The smallest absolute Gasteiger partial charge is 0.365 e. The van der Waals surface area contributed by atoms with E-state index in [0.29, 0.717) is 4.47 Å². The molecule has 2 aromatic carbocycles. The number of halogens is 2. The van der Waals surface area contributed by atoms with Gasteiger partial charge in [-0.2, -0.15) is 0 Å². The molecular weight excluding hydrogens is 482 g/mol. The molecule has 0 fully saturated rings. The van der Waals surface area contributed by atoms with Gasteiger partial charge in [0.25, 0.3) is 0 Å². The zero-order chi connectivity index (χ0) is 22.2. The van der Waals surface area contributed by atoms with E-state index in [1.807, 2.05) is 0 Å². The Morgan fingerprint density at radius 3 is 2.17 bits per heavy atom. The van der Waals surface area contributed by atoms with Crippen LogP contribution in [-0.2, 0) is 24.7 Å². The van der Waals surface area contributed by atoms with E-state index >= 15 is 0 Å². The maximum atomic E-state index is 13.2. The van der Waals surface area contributed by atoms with E-state index in [0.717, 1.165) is 6.92 Å². The third-order valence-corrected chi connectivity index (χ3v) is 5.11. The molecule has 0 spiro atoms. The minimum atomic E-state index is -3.15. The van der Waals surface area contributed by atoms with E-state index < -0.39 is 34.9 Å². The Balaban J connectivity index is 2.41. The van der Waals surface area contributed by atoms with Crippen LogP contribution in [0.5, 0.6) is 0 Å². The normalized spacial score (nSPS) is 11.3. The monoisotopic (exact) mass is 493 g/mol. The number of benzene rings is 2. The van der Waals surface area contributed by atoms with Crippen molar-refractivity contribution in [2.75, 3.05) is 0 Å². The lowest BCUT2D eigenvalue weighted by Crippen LogP contribution is -2.48. The van der Waals surface area contributed by atoms with Gasteiger partial charge in [0.1, 0.15) is 0 Å². The third kappa shape index (κ3) is 3.57. The molecule has 0 bridgehead atoms. The molecule has 0 radical (unpaired) electrons. The molecule has 3 aromatic rings. The number of aliphatic carboxylic acids is 2. The molecule has 154 valence electrons. The van der Waals surface area contributed by atoms with Gasteiger partial charge in [-0.3, -0.25) is 9.59 Å². The second kappa shape index (κ2) is 7.92. The number of hydrogen-bond acceptors (Lipinski definition) is 5. The second-order valence-corrected chi connectivity index (χ2v) is 7.64. The molecule has 10 heteroatoms. The standard InChI is InChI=1S/C20H13BrClNO7/c1-9(24)30-20(18(26)27,19(28)29)15-13-7-6-12(22)8-14(13)23-16(15)17(25)10-2-4-11(21)5-3-10/h2-8,23H,1H3,(H,26,27)(H,28,29). The fraction of sp³-hybridized carbons (Fsp3) is 0.100. The fourth-order valence-corrected chi connectivity index (χ4v) is 3.55. The van der Waals surface area contributed by atoms with E-state index in [1.54, 1.807) is 12.1 Å². The zero-order valence-electron chi connectivity index (χ0n) is 15.2. The summed E-state index contributed by atoms with van der Waals surface area (Å²) in [4.78, 5) is 51.9. The first-order chi connectivity index (χ1) is 14.1. The van der Waals surface area contributed by atoms with Crippen molar-refractivity contribution >= 4 is 62.1 Å². The highest BCUT2D eigenvalue weighted by Crippen LogP contribution is 2.38. The molecule has 0 atom stereocenters. The van der Waals surface area contributed by atoms with Crippen LogP contribution in [-0.4, -0.2) is 38.9 Å². The van der Waals surface area contributed by atoms with Crippen LogP contribution in [0.25, 0.3) is 10.9 Å². The first-order valence-corrected chi connectivity index (χ1v) is 9.53. The minimum Gasteiger partial charge on any atom is -0.478 e. The van der Waals surface area contributed by atoms with Crippen molar-refractivity contribution in [3.63, 3.8) is 0 Å². The first kappa shape index (κ1) is 21.5. The maximum Gasteiger partial charge on any atom is 0.365 e. The van der Waals surface area contributed by atoms with Gasteiger partial charge in [-0.05, 0) is 36.4 Å². The molecule has 3 rings (SSSR count). The molecule has 0 saturated carbocycles. The number of carbonyl (C=O) groups is 4. The maximum absolute atomic E-state index is 13.2. The predicted molar refractivity (Wildman–Crippen MR) is 110 cm³/mol. The number of rotatable bonds is 6. The summed E-state index contributed by atoms with van der Waals surface area (Å²) in [5.41, 5.74) is -3.64. The molecule has 8 nitrogen and oxygen atoms in total. The fourth-order valence-electron chi connectivity index (χ4n) is 3.11. The number of aromatic nitrogens is 1. The Hall–Kier alpha value is -3.17. The molecule has 0 aliphatic heterocycles. The van der Waals surface area contributed by atoms with Crippen LogP contribution < -0.4 is 0 Å². The number of ketones is 1. The predicted octanol–water partition coefficient (Wildman–Crippen LogP) is 3.74. The van der Waals surface area contributed by atoms with E-state index in [1.165, 1.54) is 30.3 Å². The van der Waals surface area contributed by atoms with Crippen molar-refractivity contribution in [1.29, 1.82) is 0 Å². The van der Waals surface area contributed by atoms with Gasteiger partial charge in [-0.1, -0.05) is 33.6 Å². The van der Waals surface area contributed by atoms with Gasteiger partial charge in [0.2, 0.25) is 5.78 Å². The third-order valence-electron chi connectivity index (χ3n) is 4.35. The highest BCUT2D eigenvalue weighted by atomic mass is 79.9. The number of ether oxygens (including phenoxy) is 1. The molecule has 0 aliphatic carbocycles. The summed E-state index contributed by atoms with van der Waals surface area (Å²) in [5.74, 6) is -5.77. The van der Waals surface area contributed by atoms with Crippen molar-refractivity contribution in [3.8, 4) is 0 Å². The molecule has 30 heavy (non-hydrogen) atoms. The Bertz CT molecular complexity index is 1190. The summed E-state index contributed by atoms with van der Waals surface area (Å²) in [7, 11) is 0. The first-order valence-electron chi connectivity index (χ1n) is 8.36. The summed E-state index contributed by atoms with van der Waals surface area (Å²) < 4.78 is 5.54. The Morgan fingerprint density at radius 2 is 1.63 bits per heavy atom. The van der Waals surface area contributed by atoms with Gasteiger partial charge in [0, 0.05) is 32.9 Å². The number of hydrogen-bond donors (Lipinski definition) is 3. The zero-order valence-corrected chi connectivity index (χ0v) is 17.6. The number of H-pyrrole nitrogens is 1. The molecule has 1 heterocycles. The van der Waals surface area contributed by atoms with Crippen LogP contribution in [0.15, 0.2) is 46.9 Å². The van der Waals surface area contributed by atoms with Crippen LogP contribution in [0.2, 0.25) is 5.02 Å². The highest BCUT2D eigenvalue weighted by Gasteiger charge is 2.56. The summed E-state index contributed by atoms with van der Waals surface area (Å²) in [6.45, 7) is 0.878. The lowest BCUT2D eigenvalue weighted by molar-refractivity contribution is -0.191. The van der Waals surface area contributed by atoms with E-state index in [2.05, 4.69) is 20.9 Å². The molecule has 1 aromatic heterocycles. The van der Waals surface area contributed by atoms with Crippen molar-refractivity contribution in [3.05, 3.63) is 68.8 Å². The van der Waals surface area contributed by atoms with Crippen LogP contribution in [0.3, 0.4) is 0 Å². The number of nitrogens with one attached hydrogen (secondary N) is 1. The Labute approximate surface area is 182 Å². The van der Waals surface area contributed by atoms with Gasteiger partial charge < -0.3 is 19.9 Å². The summed E-state index contributed by atoms with van der Waals surface area (Å²) >= 11 is 9.24. The van der Waals surface area contributed by atoms with Crippen LogP contribution in [0.4, 0.5) is 0 Å². The molecular formula is C20H13BrClNO7.